The van der Waals surface area contributed by atoms with E-state index in [9.17, 15) is 14.0 Å². The van der Waals surface area contributed by atoms with Crippen molar-refractivity contribution in [3.05, 3.63) is 36.1 Å². The molecule has 0 aliphatic heterocycles. The van der Waals surface area contributed by atoms with Gasteiger partial charge in [0.15, 0.2) is 0 Å². The highest BCUT2D eigenvalue weighted by Gasteiger charge is 2.37. The number of hydrogen-bond acceptors (Lipinski definition) is 5. The first-order valence-electron chi connectivity index (χ1n) is 7.78. The Morgan fingerprint density at radius 2 is 1.80 bits per heavy atom. The molecule has 0 aromatic heterocycles. The van der Waals surface area contributed by atoms with E-state index < -0.39 is 30.1 Å². The summed E-state index contributed by atoms with van der Waals surface area (Å²) in [7, 11) is 1.23. The van der Waals surface area contributed by atoms with Crippen molar-refractivity contribution in [1.82, 2.24) is 5.32 Å². The van der Waals surface area contributed by atoms with Gasteiger partial charge >= 0.3 is 12.1 Å². The van der Waals surface area contributed by atoms with E-state index in [-0.39, 0.29) is 6.42 Å². The number of allylic oxidation sites excluding steroid dienone is 3. The summed E-state index contributed by atoms with van der Waals surface area (Å²) in [6.07, 6.45) is 4.01. The van der Waals surface area contributed by atoms with Gasteiger partial charge < -0.3 is 19.5 Å². The maximum atomic E-state index is 12.2. The zero-order chi connectivity index (χ0) is 19.7. The van der Waals surface area contributed by atoms with E-state index in [0.29, 0.717) is 11.3 Å². The fourth-order valence-corrected chi connectivity index (χ4v) is 1.93. The molecule has 7 heteroatoms. The lowest BCUT2D eigenvalue weighted by molar-refractivity contribution is -0.147. The van der Waals surface area contributed by atoms with Crippen LogP contribution in [0.2, 0.25) is 0 Å². The Bertz CT molecular complexity index is 548. The number of alkyl halides is 1. The molecule has 1 unspecified atom stereocenters. The van der Waals surface area contributed by atoms with E-state index in [1.807, 2.05) is 0 Å². The summed E-state index contributed by atoms with van der Waals surface area (Å²) >= 11 is 0. The summed E-state index contributed by atoms with van der Waals surface area (Å²) in [6, 6.07) is 0. The molecule has 0 heterocycles. The molecular formula is C18H28FNO5. The first-order chi connectivity index (χ1) is 11.5. The Morgan fingerprint density at radius 1 is 1.20 bits per heavy atom. The van der Waals surface area contributed by atoms with E-state index in [4.69, 9.17) is 14.2 Å². The molecule has 0 rings (SSSR count). The lowest BCUT2D eigenvalue weighted by Crippen LogP contribution is -2.54. The lowest BCUT2D eigenvalue weighted by Gasteiger charge is -2.29. The summed E-state index contributed by atoms with van der Waals surface area (Å²) in [5.74, 6) is -0.317. The predicted molar refractivity (Wildman–Crippen MR) is 93.5 cm³/mol. The van der Waals surface area contributed by atoms with Gasteiger partial charge in [-0.05, 0) is 46.8 Å². The van der Waals surface area contributed by atoms with Gasteiger partial charge in [0, 0.05) is 6.42 Å². The van der Waals surface area contributed by atoms with Gasteiger partial charge in [-0.1, -0.05) is 18.2 Å². The number of rotatable bonds is 8. The number of alkyl carbamates (subject to hydrolysis) is 1. The molecule has 25 heavy (non-hydrogen) atoms. The smallest absolute Gasteiger partial charge is 0.408 e. The van der Waals surface area contributed by atoms with Gasteiger partial charge in [-0.3, -0.25) is 0 Å². The molecule has 0 aliphatic rings. The minimum atomic E-state index is -1.37. The number of methoxy groups -OCH3 is 1. The number of carbonyl (C=O) groups is 2. The highest BCUT2D eigenvalue weighted by atomic mass is 19.1. The van der Waals surface area contributed by atoms with Crippen molar-refractivity contribution in [1.29, 1.82) is 0 Å². The number of ether oxygens (including phenoxy) is 3. The Morgan fingerprint density at radius 3 is 2.24 bits per heavy atom. The molecule has 1 atom stereocenters. The molecule has 0 aromatic rings. The molecular weight excluding hydrogens is 329 g/mol. The Labute approximate surface area is 148 Å². The van der Waals surface area contributed by atoms with Crippen LogP contribution in [0.15, 0.2) is 36.1 Å². The van der Waals surface area contributed by atoms with Gasteiger partial charge in [0.2, 0.25) is 6.86 Å². The average molecular weight is 357 g/mol. The van der Waals surface area contributed by atoms with Crippen LogP contribution in [0.3, 0.4) is 0 Å². The van der Waals surface area contributed by atoms with Crippen molar-refractivity contribution >= 4 is 12.1 Å². The average Bonchev–Trinajstić information content (AvgIpc) is 2.48. The van der Waals surface area contributed by atoms with Crippen LogP contribution in [0, 0.1) is 0 Å². The maximum Gasteiger partial charge on any atom is 0.408 e. The molecule has 0 saturated heterocycles. The van der Waals surface area contributed by atoms with E-state index in [1.54, 1.807) is 39.8 Å². The molecule has 0 bridgehead atoms. The van der Waals surface area contributed by atoms with Crippen LogP contribution in [0.25, 0.3) is 0 Å². The van der Waals surface area contributed by atoms with Gasteiger partial charge in [-0.15, -0.1) is 0 Å². The third-order valence-electron chi connectivity index (χ3n) is 2.98. The maximum absolute atomic E-state index is 12.2. The number of nitrogens with one attached hydrogen (secondary N) is 1. The zero-order valence-corrected chi connectivity index (χ0v) is 15.8. The third-order valence-corrected chi connectivity index (χ3v) is 2.98. The number of carbonyl (C=O) groups excluding carboxylic acids is 2. The zero-order valence-electron chi connectivity index (χ0n) is 15.8. The summed E-state index contributed by atoms with van der Waals surface area (Å²) in [4.78, 5) is 24.1. The van der Waals surface area contributed by atoms with Crippen molar-refractivity contribution in [3.8, 4) is 0 Å². The van der Waals surface area contributed by atoms with Crippen molar-refractivity contribution in [2.45, 2.75) is 52.2 Å². The number of amides is 1. The van der Waals surface area contributed by atoms with E-state index >= 15 is 0 Å². The quantitative estimate of drug-likeness (QED) is 0.406. The fourth-order valence-electron chi connectivity index (χ4n) is 1.93. The summed E-state index contributed by atoms with van der Waals surface area (Å²) in [6.45, 7) is 11.2. The first kappa shape index (κ1) is 22.7. The predicted octanol–water partition coefficient (Wildman–Crippen LogP) is 3.79. The minimum Gasteiger partial charge on any atom is -0.467 e. The SMILES string of the molecule is C=C(C=CC(=CC)OCF)CC(C)(NC(=O)OC(C)(C)C)C(=O)OC. The molecule has 142 valence electrons. The molecule has 0 aliphatic carbocycles. The molecule has 1 N–H and O–H groups in total. The first-order valence-corrected chi connectivity index (χ1v) is 7.78. The highest BCUT2D eigenvalue weighted by molar-refractivity contribution is 5.85. The summed E-state index contributed by atoms with van der Waals surface area (Å²) in [5, 5.41) is 2.52. The standard InChI is InChI=1S/C18H28FNO5/c1-8-14(24-12-19)10-9-13(2)11-18(6,15(21)23-7)20-16(22)25-17(3,4)5/h8-10H,2,11-12H2,1,3-7H3,(H,20,22). The molecule has 0 saturated carbocycles. The molecule has 1 amide bonds. The van der Waals surface area contributed by atoms with Crippen LogP contribution >= 0.6 is 0 Å². The topological polar surface area (TPSA) is 73.9 Å². The van der Waals surface area contributed by atoms with Crippen LogP contribution in [0.5, 0.6) is 0 Å². The molecule has 0 aromatic carbocycles. The van der Waals surface area contributed by atoms with Crippen LogP contribution in [-0.4, -0.2) is 37.2 Å². The molecule has 6 nitrogen and oxygen atoms in total. The van der Waals surface area contributed by atoms with Crippen molar-refractivity contribution in [3.63, 3.8) is 0 Å². The fraction of sp³-hybridized carbons (Fsp3) is 0.556. The van der Waals surface area contributed by atoms with Gasteiger partial charge in [0.05, 0.1) is 7.11 Å². The number of esters is 1. The monoisotopic (exact) mass is 357 g/mol. The molecule has 0 spiro atoms. The second-order valence-corrected chi connectivity index (χ2v) is 6.56. The lowest BCUT2D eigenvalue weighted by atomic mass is 9.93. The van der Waals surface area contributed by atoms with Crippen LogP contribution in [0.1, 0.15) is 41.0 Å². The highest BCUT2D eigenvalue weighted by Crippen LogP contribution is 2.20. The van der Waals surface area contributed by atoms with Gasteiger partial charge in [0.1, 0.15) is 16.9 Å². The van der Waals surface area contributed by atoms with E-state index in [1.165, 1.54) is 20.1 Å². The number of hydrogen-bond donors (Lipinski definition) is 1. The molecule has 0 radical (unpaired) electrons. The Hall–Kier alpha value is -2.31. The second kappa shape index (κ2) is 9.86. The van der Waals surface area contributed by atoms with Crippen LogP contribution < -0.4 is 5.32 Å². The largest absolute Gasteiger partial charge is 0.467 e. The van der Waals surface area contributed by atoms with Gasteiger partial charge in [-0.25, -0.2) is 14.0 Å². The van der Waals surface area contributed by atoms with Crippen molar-refractivity contribution in [2.24, 2.45) is 0 Å². The Balaban J connectivity index is 5.15. The summed E-state index contributed by atoms with van der Waals surface area (Å²) in [5.41, 5.74) is -1.57. The van der Waals surface area contributed by atoms with Gasteiger partial charge in [-0.2, -0.15) is 0 Å². The van der Waals surface area contributed by atoms with E-state index in [2.05, 4.69) is 11.9 Å². The van der Waals surface area contributed by atoms with Gasteiger partial charge in [0.25, 0.3) is 0 Å². The molecule has 0 fully saturated rings. The van der Waals surface area contributed by atoms with Crippen LogP contribution in [0.4, 0.5) is 9.18 Å². The number of halogens is 1. The minimum absolute atomic E-state index is 0.0715. The van der Waals surface area contributed by atoms with Crippen molar-refractivity contribution < 1.29 is 28.2 Å². The second-order valence-electron chi connectivity index (χ2n) is 6.56. The van der Waals surface area contributed by atoms with E-state index in [0.717, 1.165) is 0 Å². The normalized spacial score (nSPS) is 14.6. The third kappa shape index (κ3) is 8.93. The van der Waals surface area contributed by atoms with Crippen molar-refractivity contribution in [2.75, 3.05) is 14.0 Å². The Kier molecular flexibility index (Phi) is 8.95. The van der Waals surface area contributed by atoms with Crippen LogP contribution in [-0.2, 0) is 19.0 Å². The summed E-state index contributed by atoms with van der Waals surface area (Å²) < 4.78 is 26.9.